The van der Waals surface area contributed by atoms with Gasteiger partial charge < -0.3 is 9.88 Å². The summed E-state index contributed by atoms with van der Waals surface area (Å²) in [7, 11) is 0. The summed E-state index contributed by atoms with van der Waals surface area (Å²) in [6.45, 7) is 1.94. The summed E-state index contributed by atoms with van der Waals surface area (Å²) in [4.78, 5) is 20.0. The molecular weight excluding hydrogens is 298 g/mol. The normalized spacial score (nSPS) is 11.9. The predicted molar refractivity (Wildman–Crippen MR) is 86.2 cm³/mol. The zero-order valence-corrected chi connectivity index (χ0v) is 12.7. The Labute approximate surface area is 131 Å². The third-order valence-corrected chi connectivity index (χ3v) is 3.86. The lowest BCUT2D eigenvalue weighted by Gasteiger charge is -2.15. The maximum Gasteiger partial charge on any atom is 0.321 e. The molecule has 0 bridgehead atoms. The monoisotopic (exact) mass is 313 g/mol. The van der Waals surface area contributed by atoms with E-state index in [0.717, 1.165) is 11.3 Å². The molecule has 2 aromatic heterocycles. The average Bonchev–Trinajstić information content (AvgIpc) is 3.20. The SMILES string of the molecule is C[C@H](NC(=O)Nc1nccs1)c1cccc(-n2ccnc2)c1. The highest BCUT2D eigenvalue weighted by Crippen LogP contribution is 2.17. The van der Waals surface area contributed by atoms with E-state index in [4.69, 9.17) is 0 Å². The fraction of sp³-hybridized carbons (Fsp3) is 0.133. The first-order chi connectivity index (χ1) is 10.7. The van der Waals surface area contributed by atoms with Gasteiger partial charge in [0.05, 0.1) is 12.4 Å². The fourth-order valence-corrected chi connectivity index (χ4v) is 2.59. The molecule has 7 heteroatoms. The number of amides is 2. The molecule has 0 aliphatic heterocycles. The van der Waals surface area contributed by atoms with Gasteiger partial charge in [-0.15, -0.1) is 11.3 Å². The van der Waals surface area contributed by atoms with Gasteiger partial charge >= 0.3 is 6.03 Å². The molecule has 2 N–H and O–H groups in total. The lowest BCUT2D eigenvalue weighted by atomic mass is 10.1. The van der Waals surface area contributed by atoms with E-state index in [-0.39, 0.29) is 12.1 Å². The molecule has 0 unspecified atom stereocenters. The number of nitrogens with one attached hydrogen (secondary N) is 2. The molecule has 1 atom stereocenters. The molecule has 0 aliphatic carbocycles. The van der Waals surface area contributed by atoms with Gasteiger partial charge in [-0.3, -0.25) is 5.32 Å². The molecule has 6 nitrogen and oxygen atoms in total. The first kappa shape index (κ1) is 14.3. The maximum absolute atomic E-state index is 11.9. The van der Waals surface area contributed by atoms with Gasteiger partial charge in [-0.05, 0) is 24.6 Å². The van der Waals surface area contributed by atoms with Crippen molar-refractivity contribution in [1.82, 2.24) is 19.9 Å². The van der Waals surface area contributed by atoms with E-state index in [1.165, 1.54) is 11.3 Å². The molecule has 112 valence electrons. The smallest absolute Gasteiger partial charge is 0.321 e. The van der Waals surface area contributed by atoms with Crippen molar-refractivity contribution in [3.63, 3.8) is 0 Å². The van der Waals surface area contributed by atoms with Gasteiger partial charge in [0, 0.05) is 29.7 Å². The number of hydrogen-bond donors (Lipinski definition) is 2. The average molecular weight is 313 g/mol. The van der Waals surface area contributed by atoms with Crippen LogP contribution in [-0.4, -0.2) is 20.6 Å². The highest BCUT2D eigenvalue weighted by molar-refractivity contribution is 7.13. The van der Waals surface area contributed by atoms with E-state index in [9.17, 15) is 4.79 Å². The Morgan fingerprint density at radius 3 is 3.00 bits per heavy atom. The predicted octanol–water partition coefficient (Wildman–Crippen LogP) is 3.21. The van der Waals surface area contributed by atoms with E-state index in [0.29, 0.717) is 5.13 Å². The zero-order chi connectivity index (χ0) is 15.4. The van der Waals surface area contributed by atoms with Gasteiger partial charge in [0.15, 0.2) is 5.13 Å². The van der Waals surface area contributed by atoms with Gasteiger partial charge in [0.25, 0.3) is 0 Å². The number of urea groups is 1. The van der Waals surface area contributed by atoms with Crippen molar-refractivity contribution in [1.29, 1.82) is 0 Å². The molecule has 2 heterocycles. The number of hydrogen-bond acceptors (Lipinski definition) is 4. The molecule has 0 aliphatic rings. The van der Waals surface area contributed by atoms with E-state index in [2.05, 4.69) is 20.6 Å². The number of aromatic nitrogens is 3. The van der Waals surface area contributed by atoms with Crippen LogP contribution in [0.4, 0.5) is 9.93 Å². The molecule has 3 rings (SSSR count). The molecule has 22 heavy (non-hydrogen) atoms. The Morgan fingerprint density at radius 1 is 1.36 bits per heavy atom. The first-order valence-corrected chi connectivity index (χ1v) is 7.65. The molecule has 2 amide bonds. The van der Waals surface area contributed by atoms with E-state index in [1.54, 1.807) is 18.7 Å². The van der Waals surface area contributed by atoms with Crippen molar-refractivity contribution in [2.75, 3.05) is 5.32 Å². The lowest BCUT2D eigenvalue weighted by Crippen LogP contribution is -2.31. The van der Waals surface area contributed by atoms with Crippen LogP contribution in [0.5, 0.6) is 0 Å². The third kappa shape index (κ3) is 3.32. The summed E-state index contributed by atoms with van der Waals surface area (Å²) in [5.41, 5.74) is 2.02. The molecule has 3 aromatic rings. The van der Waals surface area contributed by atoms with Crippen LogP contribution in [0.25, 0.3) is 5.69 Å². The summed E-state index contributed by atoms with van der Waals surface area (Å²) >= 11 is 1.38. The second-order valence-electron chi connectivity index (χ2n) is 4.72. The summed E-state index contributed by atoms with van der Waals surface area (Å²) in [6, 6.07) is 7.57. The van der Waals surface area contributed by atoms with Crippen molar-refractivity contribution in [3.8, 4) is 5.69 Å². The minimum Gasteiger partial charge on any atom is -0.331 e. The Bertz CT molecular complexity index is 739. The van der Waals surface area contributed by atoms with Crippen molar-refractivity contribution in [2.24, 2.45) is 0 Å². The number of thiazole rings is 1. The topological polar surface area (TPSA) is 71.8 Å². The van der Waals surface area contributed by atoms with Crippen molar-refractivity contribution in [2.45, 2.75) is 13.0 Å². The van der Waals surface area contributed by atoms with Crippen molar-refractivity contribution >= 4 is 22.5 Å². The largest absolute Gasteiger partial charge is 0.331 e. The molecular formula is C15H15N5OS. The number of anilines is 1. The summed E-state index contributed by atoms with van der Waals surface area (Å²) in [5.74, 6) is 0. The Balaban J connectivity index is 1.68. The van der Waals surface area contributed by atoms with Crippen molar-refractivity contribution in [3.05, 3.63) is 60.1 Å². The highest BCUT2D eigenvalue weighted by atomic mass is 32.1. The van der Waals surface area contributed by atoms with Crippen LogP contribution < -0.4 is 10.6 Å². The first-order valence-electron chi connectivity index (χ1n) is 6.77. The van der Waals surface area contributed by atoms with Crippen LogP contribution >= 0.6 is 11.3 Å². The fourth-order valence-electron chi connectivity index (χ4n) is 2.06. The Kier molecular flexibility index (Phi) is 4.15. The summed E-state index contributed by atoms with van der Waals surface area (Å²) in [5, 5.41) is 8.00. The van der Waals surface area contributed by atoms with Crippen LogP contribution in [0, 0.1) is 0 Å². The van der Waals surface area contributed by atoms with Gasteiger partial charge in [0.2, 0.25) is 0 Å². The van der Waals surface area contributed by atoms with Crippen LogP contribution in [0.1, 0.15) is 18.5 Å². The summed E-state index contributed by atoms with van der Waals surface area (Å²) in [6.07, 6.45) is 7.01. The van der Waals surface area contributed by atoms with Gasteiger partial charge in [-0.2, -0.15) is 0 Å². The van der Waals surface area contributed by atoms with E-state index >= 15 is 0 Å². The minimum absolute atomic E-state index is 0.122. The van der Waals surface area contributed by atoms with Crippen LogP contribution in [0.3, 0.4) is 0 Å². The standard InChI is InChI=1S/C15H15N5OS/c1-11(18-14(21)19-15-17-6-8-22-15)12-3-2-4-13(9-12)20-7-5-16-10-20/h2-11H,1H3,(H2,17,18,19,21)/t11-/m0/s1. The summed E-state index contributed by atoms with van der Waals surface area (Å²) < 4.78 is 1.92. The van der Waals surface area contributed by atoms with Crippen molar-refractivity contribution < 1.29 is 4.79 Å². The Morgan fingerprint density at radius 2 is 2.27 bits per heavy atom. The molecule has 0 fully saturated rings. The molecule has 0 saturated carbocycles. The van der Waals surface area contributed by atoms with E-state index < -0.39 is 0 Å². The second kappa shape index (κ2) is 6.40. The quantitative estimate of drug-likeness (QED) is 0.777. The molecule has 0 radical (unpaired) electrons. The number of nitrogens with zero attached hydrogens (tertiary/aromatic N) is 3. The van der Waals surface area contributed by atoms with E-state index in [1.807, 2.05) is 47.3 Å². The van der Waals surface area contributed by atoms with Crippen LogP contribution in [0.2, 0.25) is 0 Å². The maximum atomic E-state index is 11.9. The molecule has 1 aromatic carbocycles. The van der Waals surface area contributed by atoms with Gasteiger partial charge in [-0.25, -0.2) is 14.8 Å². The number of rotatable bonds is 4. The molecule has 0 saturated heterocycles. The number of imidazole rings is 1. The second-order valence-corrected chi connectivity index (χ2v) is 5.62. The van der Waals surface area contributed by atoms with Gasteiger partial charge in [-0.1, -0.05) is 12.1 Å². The Hall–Kier alpha value is -2.67. The third-order valence-electron chi connectivity index (χ3n) is 3.17. The van der Waals surface area contributed by atoms with Crippen LogP contribution in [-0.2, 0) is 0 Å². The number of carbonyl (C=O) groups is 1. The number of benzene rings is 1. The number of carbonyl (C=O) groups excluding carboxylic acids is 1. The van der Waals surface area contributed by atoms with Crippen LogP contribution in [0.15, 0.2) is 54.6 Å². The minimum atomic E-state index is -0.268. The lowest BCUT2D eigenvalue weighted by molar-refractivity contribution is 0.249. The molecule has 0 spiro atoms. The highest BCUT2D eigenvalue weighted by Gasteiger charge is 2.11. The van der Waals surface area contributed by atoms with Gasteiger partial charge in [0.1, 0.15) is 0 Å². The zero-order valence-electron chi connectivity index (χ0n) is 11.9.